The van der Waals surface area contributed by atoms with Crippen molar-refractivity contribution in [1.29, 1.82) is 0 Å². The van der Waals surface area contributed by atoms with Crippen LogP contribution < -0.4 is 5.56 Å². The Kier molecular flexibility index (Phi) is 4.29. The summed E-state index contributed by atoms with van der Waals surface area (Å²) in [7, 11) is 0. The van der Waals surface area contributed by atoms with Gasteiger partial charge in [0.2, 0.25) is 0 Å². The number of hydrogen-bond acceptors (Lipinski definition) is 3. The molecule has 0 aliphatic rings. The van der Waals surface area contributed by atoms with Gasteiger partial charge < -0.3 is 5.11 Å². The van der Waals surface area contributed by atoms with E-state index >= 15 is 0 Å². The van der Waals surface area contributed by atoms with Gasteiger partial charge in [0, 0.05) is 16.5 Å². The molecule has 26 heavy (non-hydrogen) atoms. The Bertz CT molecular complexity index is 1150. The number of benzene rings is 3. The van der Waals surface area contributed by atoms with E-state index < -0.39 is 0 Å². The molecule has 4 nitrogen and oxygen atoms in total. The van der Waals surface area contributed by atoms with E-state index in [1.807, 2.05) is 48.5 Å². The first-order valence-corrected chi connectivity index (χ1v) is 8.54. The number of aliphatic hydroxyl groups excluding tert-OH is 1. The summed E-state index contributed by atoms with van der Waals surface area (Å²) in [5, 5.41) is 16.0. The SMILES string of the molecule is O=c1c2ccccc2c(-c2ccccc2)nn1-c1c(Cl)cccc1CO. The van der Waals surface area contributed by atoms with Gasteiger partial charge in [-0.3, -0.25) is 4.79 Å². The summed E-state index contributed by atoms with van der Waals surface area (Å²) in [4.78, 5) is 13.1. The molecule has 5 heteroatoms. The molecule has 0 saturated heterocycles. The summed E-state index contributed by atoms with van der Waals surface area (Å²) < 4.78 is 1.29. The number of para-hydroxylation sites is 1. The maximum Gasteiger partial charge on any atom is 0.279 e. The van der Waals surface area contributed by atoms with Crippen LogP contribution in [0.25, 0.3) is 27.7 Å². The van der Waals surface area contributed by atoms with Crippen LogP contribution in [0.4, 0.5) is 0 Å². The van der Waals surface area contributed by atoms with E-state index in [4.69, 9.17) is 11.6 Å². The molecule has 128 valence electrons. The fourth-order valence-electron chi connectivity index (χ4n) is 3.08. The van der Waals surface area contributed by atoms with Crippen molar-refractivity contribution in [1.82, 2.24) is 9.78 Å². The number of aliphatic hydroxyl groups is 1. The fourth-order valence-corrected chi connectivity index (χ4v) is 3.35. The van der Waals surface area contributed by atoms with Gasteiger partial charge in [-0.1, -0.05) is 72.3 Å². The van der Waals surface area contributed by atoms with Crippen LogP contribution in [0.15, 0.2) is 77.6 Å². The molecule has 4 aromatic rings. The Morgan fingerprint density at radius 1 is 0.885 bits per heavy atom. The van der Waals surface area contributed by atoms with Gasteiger partial charge >= 0.3 is 0 Å². The molecule has 0 aliphatic heterocycles. The molecule has 1 N–H and O–H groups in total. The zero-order valence-corrected chi connectivity index (χ0v) is 14.5. The molecule has 1 heterocycles. The molecule has 0 unspecified atom stereocenters. The summed E-state index contributed by atoms with van der Waals surface area (Å²) in [5.41, 5.74) is 2.26. The molecule has 0 aliphatic carbocycles. The van der Waals surface area contributed by atoms with E-state index in [0.29, 0.717) is 27.4 Å². The van der Waals surface area contributed by atoms with Crippen LogP contribution in [0.3, 0.4) is 0 Å². The lowest BCUT2D eigenvalue weighted by molar-refractivity contribution is 0.281. The Hall–Kier alpha value is -2.95. The van der Waals surface area contributed by atoms with Gasteiger partial charge in [0.15, 0.2) is 0 Å². The normalized spacial score (nSPS) is 11.0. The second kappa shape index (κ2) is 6.75. The number of nitrogens with zero attached hydrogens (tertiary/aromatic N) is 2. The predicted octanol–water partition coefficient (Wildman–Crippen LogP) is 4.20. The predicted molar refractivity (Wildman–Crippen MR) is 104 cm³/mol. The van der Waals surface area contributed by atoms with Gasteiger partial charge in [-0.25, -0.2) is 0 Å². The number of rotatable bonds is 3. The average molecular weight is 363 g/mol. The summed E-state index contributed by atoms with van der Waals surface area (Å²) in [6.45, 7) is -0.239. The highest BCUT2D eigenvalue weighted by Crippen LogP contribution is 2.28. The zero-order chi connectivity index (χ0) is 18.1. The highest BCUT2D eigenvalue weighted by atomic mass is 35.5. The summed E-state index contributed by atoms with van der Waals surface area (Å²) in [5.74, 6) is 0. The van der Waals surface area contributed by atoms with Gasteiger partial charge in [0.1, 0.15) is 0 Å². The average Bonchev–Trinajstić information content (AvgIpc) is 2.69. The van der Waals surface area contributed by atoms with Gasteiger partial charge in [-0.05, 0) is 12.1 Å². The van der Waals surface area contributed by atoms with E-state index in [0.717, 1.165) is 10.9 Å². The van der Waals surface area contributed by atoms with Gasteiger partial charge in [-0.15, -0.1) is 0 Å². The van der Waals surface area contributed by atoms with Crippen LogP contribution in [-0.4, -0.2) is 14.9 Å². The third-order valence-corrected chi connectivity index (χ3v) is 4.61. The maximum atomic E-state index is 13.1. The Balaban J connectivity index is 2.13. The molecular formula is C21H15ClN2O2. The number of halogens is 1. The molecule has 0 saturated carbocycles. The van der Waals surface area contributed by atoms with Crippen LogP contribution in [-0.2, 0) is 6.61 Å². The van der Waals surface area contributed by atoms with Crippen molar-refractivity contribution in [2.75, 3.05) is 0 Å². The molecule has 0 fully saturated rings. The highest BCUT2D eigenvalue weighted by Gasteiger charge is 2.17. The minimum Gasteiger partial charge on any atom is -0.392 e. The largest absolute Gasteiger partial charge is 0.392 e. The summed E-state index contributed by atoms with van der Waals surface area (Å²) >= 11 is 6.35. The lowest BCUT2D eigenvalue weighted by Gasteiger charge is -2.14. The Labute approximate surface area is 154 Å². The summed E-state index contributed by atoms with van der Waals surface area (Å²) in [6.07, 6.45) is 0. The second-order valence-corrected chi connectivity index (χ2v) is 6.29. The van der Waals surface area contributed by atoms with Crippen LogP contribution in [0, 0.1) is 0 Å². The fraction of sp³-hybridized carbons (Fsp3) is 0.0476. The van der Waals surface area contributed by atoms with E-state index in [2.05, 4.69) is 5.10 Å². The topological polar surface area (TPSA) is 55.1 Å². The third kappa shape index (κ3) is 2.69. The molecule has 1 aromatic heterocycles. The van der Waals surface area contributed by atoms with Crippen LogP contribution >= 0.6 is 11.6 Å². The molecule has 0 amide bonds. The second-order valence-electron chi connectivity index (χ2n) is 5.88. The molecule has 3 aromatic carbocycles. The standard InChI is InChI=1S/C21H15ClN2O2/c22-18-12-6-9-15(13-25)20(18)24-21(26)17-11-5-4-10-16(17)19(23-24)14-7-2-1-3-8-14/h1-12,25H,13H2. The van der Waals surface area contributed by atoms with Crippen molar-refractivity contribution < 1.29 is 5.11 Å². The molecule has 0 spiro atoms. The van der Waals surface area contributed by atoms with E-state index in [9.17, 15) is 9.90 Å². The van der Waals surface area contributed by atoms with Gasteiger partial charge in [0.05, 0.1) is 28.4 Å². The first kappa shape index (κ1) is 16.5. The van der Waals surface area contributed by atoms with Crippen molar-refractivity contribution in [2.45, 2.75) is 6.61 Å². The van der Waals surface area contributed by atoms with Crippen molar-refractivity contribution in [3.05, 3.63) is 93.7 Å². The Morgan fingerprint density at radius 3 is 2.31 bits per heavy atom. The summed E-state index contributed by atoms with van der Waals surface area (Å²) in [6, 6.07) is 22.2. The quantitative estimate of drug-likeness (QED) is 0.594. The highest BCUT2D eigenvalue weighted by molar-refractivity contribution is 6.32. The number of aromatic nitrogens is 2. The van der Waals surface area contributed by atoms with E-state index in [1.54, 1.807) is 24.3 Å². The minimum absolute atomic E-state index is 0.239. The minimum atomic E-state index is -0.275. The molecule has 0 bridgehead atoms. The van der Waals surface area contributed by atoms with Crippen LogP contribution in [0.2, 0.25) is 5.02 Å². The van der Waals surface area contributed by atoms with Crippen molar-refractivity contribution >= 4 is 22.4 Å². The molecule has 0 radical (unpaired) electrons. The van der Waals surface area contributed by atoms with Crippen molar-refractivity contribution in [3.63, 3.8) is 0 Å². The lowest BCUT2D eigenvalue weighted by Crippen LogP contribution is -2.23. The molecule has 4 rings (SSSR count). The first-order valence-electron chi connectivity index (χ1n) is 8.17. The Morgan fingerprint density at radius 2 is 1.58 bits per heavy atom. The van der Waals surface area contributed by atoms with E-state index in [1.165, 1.54) is 4.68 Å². The monoisotopic (exact) mass is 362 g/mol. The number of hydrogen-bond donors (Lipinski definition) is 1. The third-order valence-electron chi connectivity index (χ3n) is 4.30. The number of fused-ring (bicyclic) bond motifs is 1. The lowest BCUT2D eigenvalue weighted by atomic mass is 10.0. The molecule has 0 atom stereocenters. The zero-order valence-electron chi connectivity index (χ0n) is 13.8. The molecular weight excluding hydrogens is 348 g/mol. The van der Waals surface area contributed by atoms with Gasteiger partial charge in [0.25, 0.3) is 5.56 Å². The maximum absolute atomic E-state index is 13.1. The smallest absolute Gasteiger partial charge is 0.279 e. The first-order chi connectivity index (χ1) is 12.7. The van der Waals surface area contributed by atoms with E-state index in [-0.39, 0.29) is 12.2 Å². The van der Waals surface area contributed by atoms with Crippen molar-refractivity contribution in [3.8, 4) is 16.9 Å². The van der Waals surface area contributed by atoms with Crippen LogP contribution in [0.5, 0.6) is 0 Å². The van der Waals surface area contributed by atoms with Crippen molar-refractivity contribution in [2.24, 2.45) is 0 Å². The van der Waals surface area contributed by atoms with Gasteiger partial charge in [-0.2, -0.15) is 9.78 Å². The van der Waals surface area contributed by atoms with Crippen LogP contribution in [0.1, 0.15) is 5.56 Å².